The molecule has 7 nitrogen and oxygen atoms in total. The summed E-state index contributed by atoms with van der Waals surface area (Å²) in [6.45, 7) is 0.747. The molecule has 2 saturated heterocycles. The second kappa shape index (κ2) is 8.03. The Balaban J connectivity index is 1.37. The van der Waals surface area contributed by atoms with Crippen molar-refractivity contribution >= 4 is 29.2 Å². The van der Waals surface area contributed by atoms with E-state index in [9.17, 15) is 27.6 Å². The molecule has 3 aliphatic rings. The van der Waals surface area contributed by atoms with Crippen LogP contribution in [0.4, 0.5) is 29.3 Å². The number of aryl methyl sites for hydroxylation is 1. The molecule has 0 unspecified atom stereocenters. The molecule has 178 valence electrons. The van der Waals surface area contributed by atoms with Gasteiger partial charge in [0.05, 0.1) is 16.9 Å². The van der Waals surface area contributed by atoms with Gasteiger partial charge in [0.2, 0.25) is 5.91 Å². The quantitative estimate of drug-likeness (QED) is 0.666. The average Bonchev–Trinajstić information content (AvgIpc) is 3.50. The summed E-state index contributed by atoms with van der Waals surface area (Å²) < 4.78 is 39.9. The van der Waals surface area contributed by atoms with Gasteiger partial charge in [0.1, 0.15) is 12.1 Å². The van der Waals surface area contributed by atoms with Gasteiger partial charge in [-0.1, -0.05) is 24.3 Å². The third-order valence-corrected chi connectivity index (χ3v) is 6.77. The van der Waals surface area contributed by atoms with Gasteiger partial charge in [-0.3, -0.25) is 14.5 Å². The third kappa shape index (κ3) is 3.66. The third-order valence-electron chi connectivity index (χ3n) is 6.77. The van der Waals surface area contributed by atoms with E-state index in [-0.39, 0.29) is 5.69 Å². The van der Waals surface area contributed by atoms with Crippen LogP contribution in [0.1, 0.15) is 36.0 Å². The van der Waals surface area contributed by atoms with Crippen LogP contribution < -0.4 is 15.5 Å². The lowest BCUT2D eigenvalue weighted by molar-refractivity contribution is -0.137. The molecular weight excluding hydrogens is 449 g/mol. The minimum atomic E-state index is -4.57. The first-order valence-electron chi connectivity index (χ1n) is 11.2. The molecule has 0 saturated carbocycles. The summed E-state index contributed by atoms with van der Waals surface area (Å²) in [4.78, 5) is 41.5. The number of nitrogens with zero attached hydrogens (tertiary/aromatic N) is 2. The van der Waals surface area contributed by atoms with E-state index in [1.54, 1.807) is 12.1 Å². The number of alkyl halides is 3. The molecule has 34 heavy (non-hydrogen) atoms. The number of urea groups is 1. The minimum absolute atomic E-state index is 0.00899. The van der Waals surface area contributed by atoms with E-state index in [0.29, 0.717) is 37.2 Å². The molecule has 1 spiro atoms. The van der Waals surface area contributed by atoms with Crippen LogP contribution in [0.25, 0.3) is 0 Å². The van der Waals surface area contributed by atoms with Crippen molar-refractivity contribution in [2.45, 2.75) is 37.4 Å². The highest BCUT2D eigenvalue weighted by Gasteiger charge is 2.55. The van der Waals surface area contributed by atoms with Gasteiger partial charge in [0.25, 0.3) is 5.91 Å². The second-order valence-electron chi connectivity index (χ2n) is 8.86. The SMILES string of the molecule is O=C(CN1C(=O)N[C@@]2(CCc3ccccc32)C1=O)Nc1cc(C(F)(F)F)ccc1N1CCCC1. The maximum absolute atomic E-state index is 13.3. The number of imide groups is 1. The maximum atomic E-state index is 13.3. The van der Waals surface area contributed by atoms with Crippen molar-refractivity contribution in [2.24, 2.45) is 0 Å². The summed E-state index contributed by atoms with van der Waals surface area (Å²) in [6.07, 6.45) is -1.76. The van der Waals surface area contributed by atoms with E-state index < -0.39 is 41.7 Å². The Morgan fingerprint density at radius 1 is 1.09 bits per heavy atom. The Morgan fingerprint density at radius 2 is 1.82 bits per heavy atom. The summed E-state index contributed by atoms with van der Waals surface area (Å²) in [6, 6.07) is 9.86. The fourth-order valence-corrected chi connectivity index (χ4v) is 5.11. The number of carbonyl (C=O) groups excluding carboxylic acids is 3. The molecule has 0 radical (unpaired) electrons. The molecular formula is C24H23F3N4O3. The van der Waals surface area contributed by atoms with Crippen molar-refractivity contribution in [3.8, 4) is 0 Å². The van der Waals surface area contributed by atoms with Crippen LogP contribution >= 0.6 is 0 Å². The Hall–Kier alpha value is -3.56. The number of rotatable bonds is 4. The van der Waals surface area contributed by atoms with Crippen LogP contribution in [-0.4, -0.2) is 42.4 Å². The van der Waals surface area contributed by atoms with E-state index in [2.05, 4.69) is 10.6 Å². The molecule has 0 bridgehead atoms. The number of hydrogen-bond acceptors (Lipinski definition) is 4. The number of nitrogens with one attached hydrogen (secondary N) is 2. The Bertz CT molecular complexity index is 1180. The topological polar surface area (TPSA) is 81.8 Å². The smallest absolute Gasteiger partial charge is 0.370 e. The van der Waals surface area contributed by atoms with Gasteiger partial charge in [-0.15, -0.1) is 0 Å². The molecule has 2 fully saturated rings. The van der Waals surface area contributed by atoms with Crippen LogP contribution in [-0.2, 0) is 27.7 Å². The van der Waals surface area contributed by atoms with E-state index >= 15 is 0 Å². The van der Waals surface area contributed by atoms with Gasteiger partial charge in [0.15, 0.2) is 0 Å². The predicted molar refractivity (Wildman–Crippen MR) is 118 cm³/mol. The average molecular weight is 472 g/mol. The highest BCUT2D eigenvalue weighted by atomic mass is 19.4. The fraction of sp³-hybridized carbons (Fsp3) is 0.375. The van der Waals surface area contributed by atoms with Crippen molar-refractivity contribution in [1.29, 1.82) is 0 Å². The van der Waals surface area contributed by atoms with Crippen LogP contribution in [0.3, 0.4) is 0 Å². The number of carbonyl (C=O) groups is 3. The fourth-order valence-electron chi connectivity index (χ4n) is 5.11. The molecule has 2 heterocycles. The number of fused-ring (bicyclic) bond motifs is 2. The van der Waals surface area contributed by atoms with Crippen LogP contribution in [0.15, 0.2) is 42.5 Å². The molecule has 10 heteroatoms. The highest BCUT2D eigenvalue weighted by molar-refractivity contribution is 6.11. The summed E-state index contributed by atoms with van der Waals surface area (Å²) in [5.41, 5.74) is 0.0755. The number of halogens is 3. The Kier molecular flexibility index (Phi) is 5.26. The first-order valence-corrected chi connectivity index (χ1v) is 11.2. The zero-order chi connectivity index (χ0) is 24.1. The molecule has 2 aliphatic heterocycles. The van der Waals surface area contributed by atoms with Gasteiger partial charge in [-0.05, 0) is 55.0 Å². The highest BCUT2D eigenvalue weighted by Crippen LogP contribution is 2.41. The second-order valence-corrected chi connectivity index (χ2v) is 8.86. The standard InChI is InChI=1S/C24H23F3N4O3/c25-24(26,27)16-7-8-19(30-11-3-4-12-30)18(13-16)28-20(32)14-31-21(33)23(29-22(31)34)10-9-15-5-1-2-6-17(15)23/h1-2,5-8,13H,3-4,9-12,14H2,(H,28,32)(H,29,34)/t23-/m1/s1. The Morgan fingerprint density at radius 3 is 2.56 bits per heavy atom. The zero-order valence-electron chi connectivity index (χ0n) is 18.2. The molecule has 1 atom stereocenters. The molecule has 0 aromatic heterocycles. The largest absolute Gasteiger partial charge is 0.416 e. The van der Waals surface area contributed by atoms with Crippen molar-refractivity contribution in [3.63, 3.8) is 0 Å². The lowest BCUT2D eigenvalue weighted by atomic mass is 9.92. The molecule has 4 amide bonds. The summed E-state index contributed by atoms with van der Waals surface area (Å²) in [7, 11) is 0. The summed E-state index contributed by atoms with van der Waals surface area (Å²) in [5.74, 6) is -1.27. The lowest BCUT2D eigenvalue weighted by Crippen LogP contribution is -2.43. The predicted octanol–water partition coefficient (Wildman–Crippen LogP) is 3.64. The van der Waals surface area contributed by atoms with Gasteiger partial charge in [-0.2, -0.15) is 13.2 Å². The minimum Gasteiger partial charge on any atom is -0.370 e. The van der Waals surface area contributed by atoms with Crippen LogP contribution in [0.5, 0.6) is 0 Å². The number of benzene rings is 2. The van der Waals surface area contributed by atoms with Crippen molar-refractivity contribution < 1.29 is 27.6 Å². The van der Waals surface area contributed by atoms with Crippen molar-refractivity contribution in [2.75, 3.05) is 29.9 Å². The normalized spacial score (nSPS) is 21.9. The first kappa shape index (κ1) is 22.2. The van der Waals surface area contributed by atoms with Crippen LogP contribution in [0.2, 0.25) is 0 Å². The first-order chi connectivity index (χ1) is 16.2. The maximum Gasteiger partial charge on any atom is 0.416 e. The van der Waals surface area contributed by atoms with Crippen LogP contribution in [0, 0.1) is 0 Å². The summed E-state index contributed by atoms with van der Waals surface area (Å²) in [5, 5.41) is 5.25. The van der Waals surface area contributed by atoms with Gasteiger partial charge in [0, 0.05) is 13.1 Å². The van der Waals surface area contributed by atoms with Gasteiger partial charge < -0.3 is 15.5 Å². The molecule has 5 rings (SSSR count). The van der Waals surface area contributed by atoms with E-state index in [0.717, 1.165) is 35.4 Å². The van der Waals surface area contributed by atoms with Crippen molar-refractivity contribution in [1.82, 2.24) is 10.2 Å². The van der Waals surface area contributed by atoms with E-state index in [1.807, 2.05) is 17.0 Å². The molecule has 2 N–H and O–H groups in total. The van der Waals surface area contributed by atoms with Gasteiger partial charge in [-0.25, -0.2) is 4.79 Å². The number of amides is 4. The monoisotopic (exact) mass is 472 g/mol. The zero-order valence-corrected chi connectivity index (χ0v) is 18.2. The van der Waals surface area contributed by atoms with E-state index in [1.165, 1.54) is 6.07 Å². The van der Waals surface area contributed by atoms with Crippen molar-refractivity contribution in [3.05, 3.63) is 59.2 Å². The van der Waals surface area contributed by atoms with E-state index in [4.69, 9.17) is 0 Å². The number of hydrogen-bond donors (Lipinski definition) is 2. The van der Waals surface area contributed by atoms with Gasteiger partial charge >= 0.3 is 12.2 Å². The molecule has 2 aromatic rings. The summed E-state index contributed by atoms with van der Waals surface area (Å²) >= 11 is 0. The molecule has 2 aromatic carbocycles. The Labute approximate surface area is 193 Å². The lowest BCUT2D eigenvalue weighted by Gasteiger charge is -2.24. The number of anilines is 2. The molecule has 1 aliphatic carbocycles.